The van der Waals surface area contributed by atoms with Gasteiger partial charge in [0.1, 0.15) is 5.60 Å². The minimum Gasteiger partial charge on any atom is -0.444 e. The Hall–Kier alpha value is -2.65. The number of aliphatic imine (C=N–C) groups is 1. The number of allylic oxidation sites excluding steroid dienone is 2. The number of nitrogens with two attached hydrogens (primary N) is 3. The van der Waals surface area contributed by atoms with E-state index in [-0.39, 0.29) is 5.70 Å². The molecule has 0 aromatic carbocycles. The van der Waals surface area contributed by atoms with Gasteiger partial charge in [0.2, 0.25) is 0 Å². The summed E-state index contributed by atoms with van der Waals surface area (Å²) in [5.74, 6) is 0. The Morgan fingerprint density at radius 1 is 1.13 bits per heavy atom. The van der Waals surface area contributed by atoms with Crippen LogP contribution in [0.25, 0.3) is 0 Å². The van der Waals surface area contributed by atoms with Crippen molar-refractivity contribution in [1.29, 1.82) is 0 Å². The van der Waals surface area contributed by atoms with Crippen LogP contribution in [0.3, 0.4) is 0 Å². The van der Waals surface area contributed by atoms with Gasteiger partial charge in [-0.25, -0.2) is 9.79 Å². The van der Waals surface area contributed by atoms with Crippen molar-refractivity contribution in [1.82, 2.24) is 5.32 Å². The highest BCUT2D eigenvalue weighted by molar-refractivity contribution is 6.06. The molecule has 0 saturated carbocycles. The molecule has 0 aromatic rings. The Labute approximate surface area is 131 Å². The summed E-state index contributed by atoms with van der Waals surface area (Å²) in [6.45, 7) is 4.66. The largest absolute Gasteiger partial charge is 0.444 e. The summed E-state index contributed by atoms with van der Waals surface area (Å²) in [5.41, 5.74) is 12.0. The maximum absolute atomic E-state index is 13.1. The number of carbonyl (C=O) groups is 1. The van der Waals surface area contributed by atoms with Crippen molar-refractivity contribution < 1.29 is 22.7 Å². The van der Waals surface area contributed by atoms with Gasteiger partial charge < -0.3 is 21.9 Å². The van der Waals surface area contributed by atoms with Crippen LogP contribution < -0.4 is 22.5 Å². The highest BCUT2D eigenvalue weighted by Crippen LogP contribution is 2.23. The first-order valence-electron chi connectivity index (χ1n) is 6.33. The highest BCUT2D eigenvalue weighted by Gasteiger charge is 2.39. The number of amides is 1. The molecule has 0 radical (unpaired) electrons. The molecule has 1 amide bonds. The summed E-state index contributed by atoms with van der Waals surface area (Å²) in [7, 11) is 0. The number of hydrogen-bond acceptors (Lipinski definition) is 6. The van der Waals surface area contributed by atoms with Crippen molar-refractivity contribution >= 4 is 11.8 Å². The van der Waals surface area contributed by atoms with Crippen molar-refractivity contribution in [3.05, 3.63) is 36.1 Å². The monoisotopic (exact) mass is 335 g/mol. The van der Waals surface area contributed by atoms with E-state index in [1.807, 2.05) is 5.32 Å². The quantitative estimate of drug-likeness (QED) is 0.458. The van der Waals surface area contributed by atoms with Crippen molar-refractivity contribution in [2.24, 2.45) is 22.2 Å². The Kier molecular flexibility index (Phi) is 7.17. The Morgan fingerprint density at radius 3 is 2.04 bits per heavy atom. The van der Waals surface area contributed by atoms with Gasteiger partial charge in [0.25, 0.3) is 0 Å². The lowest BCUT2D eigenvalue weighted by atomic mass is 10.2. The maximum Gasteiger partial charge on any atom is 0.435 e. The van der Waals surface area contributed by atoms with E-state index in [4.69, 9.17) is 21.9 Å². The molecule has 0 aliphatic rings. The second kappa shape index (κ2) is 8.11. The van der Waals surface area contributed by atoms with E-state index in [9.17, 15) is 18.0 Å². The number of nitrogens with zero attached hydrogens (tertiary/aromatic N) is 1. The Bertz CT molecular complexity index is 543. The number of halogens is 3. The number of rotatable bonds is 4. The van der Waals surface area contributed by atoms with Gasteiger partial charge in [-0.15, -0.1) is 0 Å². The molecule has 0 aliphatic carbocycles. The Balaban J connectivity index is 5.63. The number of hydrogen-bond donors (Lipinski definition) is 4. The fourth-order valence-electron chi connectivity index (χ4n) is 1.23. The molecule has 0 aliphatic heterocycles. The highest BCUT2D eigenvalue weighted by atomic mass is 19.4. The summed E-state index contributed by atoms with van der Waals surface area (Å²) < 4.78 is 44.3. The van der Waals surface area contributed by atoms with Crippen LogP contribution in [0.1, 0.15) is 20.8 Å². The van der Waals surface area contributed by atoms with Crippen molar-refractivity contribution in [3.63, 3.8) is 0 Å². The first kappa shape index (κ1) is 20.3. The lowest BCUT2D eigenvalue weighted by Gasteiger charge is -2.21. The van der Waals surface area contributed by atoms with Crippen LogP contribution in [-0.4, -0.2) is 23.6 Å². The number of alkyl carbamates (subject to hydrolysis) is 1. The average Bonchev–Trinajstić information content (AvgIpc) is 2.37. The van der Waals surface area contributed by atoms with Crippen LogP contribution in [0.4, 0.5) is 18.0 Å². The molecule has 7 nitrogen and oxygen atoms in total. The number of nitrogens with one attached hydrogen (secondary N) is 1. The molecule has 0 bridgehead atoms. The van der Waals surface area contributed by atoms with Gasteiger partial charge in [0.05, 0.1) is 11.4 Å². The molecule has 0 aromatic heterocycles. The molecule has 0 saturated heterocycles. The van der Waals surface area contributed by atoms with E-state index >= 15 is 0 Å². The second-order valence-electron chi connectivity index (χ2n) is 5.12. The normalized spacial score (nSPS) is 15.0. The summed E-state index contributed by atoms with van der Waals surface area (Å²) in [6, 6.07) is 0. The molecule has 0 unspecified atom stereocenters. The van der Waals surface area contributed by atoms with Gasteiger partial charge in [-0.3, -0.25) is 5.32 Å². The minimum atomic E-state index is -4.91. The SMILES string of the molecule is CC(C)(C)OC(=O)NC(=C/N)/C(=N/C(/C=C\N)=C/N)C(F)(F)F. The molecule has 23 heavy (non-hydrogen) atoms. The van der Waals surface area contributed by atoms with Gasteiger partial charge >= 0.3 is 12.3 Å². The first-order chi connectivity index (χ1) is 10.4. The number of alkyl halides is 3. The van der Waals surface area contributed by atoms with Crippen LogP contribution in [0.5, 0.6) is 0 Å². The third-order valence-corrected chi connectivity index (χ3v) is 2.00. The van der Waals surface area contributed by atoms with Crippen molar-refractivity contribution in [2.75, 3.05) is 0 Å². The van der Waals surface area contributed by atoms with Gasteiger partial charge in [0, 0.05) is 12.4 Å². The van der Waals surface area contributed by atoms with E-state index in [1.54, 1.807) is 20.8 Å². The van der Waals surface area contributed by atoms with Crippen molar-refractivity contribution in [2.45, 2.75) is 32.5 Å². The molecule has 7 N–H and O–H groups in total. The average molecular weight is 335 g/mol. The van der Waals surface area contributed by atoms with Crippen LogP contribution >= 0.6 is 0 Å². The molecule has 130 valence electrons. The summed E-state index contributed by atoms with van der Waals surface area (Å²) in [5, 5.41) is 1.90. The van der Waals surface area contributed by atoms with Gasteiger partial charge in [-0.2, -0.15) is 13.2 Å². The topological polar surface area (TPSA) is 129 Å². The zero-order valence-corrected chi connectivity index (χ0v) is 12.9. The standard InChI is InChI=1S/C13H20F3N5O2/c1-12(2,3)23-11(22)21-9(7-19)10(13(14,15)16)20-8(6-18)4-5-17/h4-7H,17-19H2,1-3H3,(H,21,22)/b5-4-,8-6+,9-7+,20-10-. The second-order valence-corrected chi connectivity index (χ2v) is 5.12. The van der Waals surface area contributed by atoms with E-state index in [2.05, 4.69) is 4.99 Å². The fourth-order valence-corrected chi connectivity index (χ4v) is 1.23. The van der Waals surface area contributed by atoms with Crippen molar-refractivity contribution in [3.8, 4) is 0 Å². The van der Waals surface area contributed by atoms with Gasteiger partial charge in [-0.05, 0) is 33.0 Å². The summed E-state index contributed by atoms with van der Waals surface area (Å²) in [4.78, 5) is 14.9. The molecule has 0 heterocycles. The van der Waals surface area contributed by atoms with Crippen LogP contribution in [0.15, 0.2) is 41.1 Å². The smallest absolute Gasteiger partial charge is 0.435 e. The molecule has 0 spiro atoms. The molecule has 0 fully saturated rings. The van der Waals surface area contributed by atoms with Gasteiger partial charge in [0.15, 0.2) is 5.71 Å². The predicted octanol–water partition coefficient (Wildman–Crippen LogP) is 1.59. The zero-order valence-electron chi connectivity index (χ0n) is 12.9. The minimum absolute atomic E-state index is 0.273. The third-order valence-electron chi connectivity index (χ3n) is 2.00. The number of carbonyl (C=O) groups excluding carboxylic acids is 1. The maximum atomic E-state index is 13.1. The van der Waals surface area contributed by atoms with Crippen LogP contribution in [0.2, 0.25) is 0 Å². The van der Waals surface area contributed by atoms with E-state index < -0.39 is 29.3 Å². The lowest BCUT2D eigenvalue weighted by molar-refractivity contribution is -0.0585. The van der Waals surface area contributed by atoms with Crippen LogP contribution in [-0.2, 0) is 4.74 Å². The summed E-state index contributed by atoms with van der Waals surface area (Å²) >= 11 is 0. The van der Waals surface area contributed by atoms with E-state index in [0.717, 1.165) is 18.5 Å². The molecular formula is C13H20F3N5O2. The molecule has 0 atom stereocenters. The molecular weight excluding hydrogens is 315 g/mol. The molecule has 10 heteroatoms. The predicted molar refractivity (Wildman–Crippen MR) is 80.7 cm³/mol. The third kappa shape index (κ3) is 7.79. The summed E-state index contributed by atoms with van der Waals surface area (Å²) in [6.07, 6.45) is -2.64. The van der Waals surface area contributed by atoms with Gasteiger partial charge in [-0.1, -0.05) is 0 Å². The number of ether oxygens (including phenoxy) is 1. The zero-order chi connectivity index (χ0) is 18.3. The lowest BCUT2D eigenvalue weighted by Crippen LogP contribution is -2.38. The van der Waals surface area contributed by atoms with Crippen LogP contribution in [0, 0.1) is 0 Å². The first-order valence-corrected chi connectivity index (χ1v) is 6.33. The van der Waals surface area contributed by atoms with E-state index in [0.29, 0.717) is 6.20 Å². The molecule has 0 rings (SSSR count). The van der Waals surface area contributed by atoms with E-state index in [1.165, 1.54) is 0 Å². The Morgan fingerprint density at radius 2 is 1.70 bits per heavy atom. The fraction of sp³-hybridized carbons (Fsp3) is 0.385.